The van der Waals surface area contributed by atoms with Gasteiger partial charge in [0.25, 0.3) is 0 Å². The first-order chi connectivity index (χ1) is 22.8. The number of carbonyl (C=O) groups is 1. The van der Waals surface area contributed by atoms with Gasteiger partial charge in [-0.2, -0.15) is 13.2 Å². The van der Waals surface area contributed by atoms with Crippen LogP contribution in [0.3, 0.4) is 0 Å². The summed E-state index contributed by atoms with van der Waals surface area (Å²) in [6, 6.07) is 14.0. The normalized spacial score (nSPS) is 13.0. The van der Waals surface area contributed by atoms with Gasteiger partial charge in [-0.25, -0.2) is 4.79 Å². The monoisotopic (exact) mass is 678 g/mol. The van der Waals surface area contributed by atoms with E-state index in [-0.39, 0.29) is 6.03 Å². The molecular weight excluding hydrogens is 621 g/mol. The summed E-state index contributed by atoms with van der Waals surface area (Å²) >= 11 is 1.65. The van der Waals surface area contributed by atoms with E-state index in [2.05, 4.69) is 22.0 Å². The number of carbonyl (C=O) groups excluding carboxylic acids is 1. The molecule has 1 aliphatic heterocycles. The van der Waals surface area contributed by atoms with Crippen molar-refractivity contribution in [2.45, 2.75) is 92.3 Å². The second kappa shape index (κ2) is 23.4. The zero-order valence-corrected chi connectivity index (χ0v) is 30.6. The lowest BCUT2D eigenvalue weighted by atomic mass is 10.1. The summed E-state index contributed by atoms with van der Waals surface area (Å²) < 4.78 is 44.9. The summed E-state index contributed by atoms with van der Waals surface area (Å²) in [5.74, 6) is 1.74. The van der Waals surface area contributed by atoms with Gasteiger partial charge in [-0.3, -0.25) is 9.88 Å². The van der Waals surface area contributed by atoms with E-state index in [0.717, 1.165) is 99.0 Å². The number of unbranched alkanes of at least 4 members (excludes halogenated alkanes) is 2. The highest BCUT2D eigenvalue weighted by Gasteiger charge is 2.30. The Morgan fingerprint density at radius 2 is 1.51 bits per heavy atom. The Kier molecular flexibility index (Phi) is 20.9. The van der Waals surface area contributed by atoms with Crippen LogP contribution in [-0.4, -0.2) is 77.3 Å². The van der Waals surface area contributed by atoms with Gasteiger partial charge in [0, 0.05) is 62.3 Å². The fourth-order valence-corrected chi connectivity index (χ4v) is 5.97. The van der Waals surface area contributed by atoms with Crippen molar-refractivity contribution < 1.29 is 22.7 Å². The summed E-state index contributed by atoms with van der Waals surface area (Å²) in [5, 5.41) is 0.755. The lowest BCUT2D eigenvalue weighted by molar-refractivity contribution is -0.137. The third-order valence-corrected chi connectivity index (χ3v) is 8.51. The Morgan fingerprint density at radius 3 is 2.11 bits per heavy atom. The van der Waals surface area contributed by atoms with Gasteiger partial charge in [0.1, 0.15) is 5.75 Å². The molecule has 2 amide bonds. The summed E-state index contributed by atoms with van der Waals surface area (Å²) in [6.45, 7) is 22.3. The molecule has 0 spiro atoms. The first kappa shape index (κ1) is 42.0. The van der Waals surface area contributed by atoms with Crippen molar-refractivity contribution in [3.63, 3.8) is 0 Å². The van der Waals surface area contributed by atoms with Gasteiger partial charge < -0.3 is 14.5 Å². The predicted molar refractivity (Wildman–Crippen MR) is 192 cm³/mol. The first-order valence-electron chi connectivity index (χ1n) is 17.3. The molecule has 0 N–H and O–H groups in total. The number of piperazine rings is 1. The molecule has 0 atom stereocenters. The number of fused-ring (bicyclic) bond motifs is 1. The highest BCUT2D eigenvalue weighted by atomic mass is 32.2. The van der Waals surface area contributed by atoms with Crippen molar-refractivity contribution in [2.24, 2.45) is 0 Å². The van der Waals surface area contributed by atoms with E-state index in [9.17, 15) is 18.0 Å². The number of alkyl halides is 3. The molecule has 0 aliphatic carbocycles. The largest absolute Gasteiger partial charge is 0.494 e. The van der Waals surface area contributed by atoms with Gasteiger partial charge in [0.2, 0.25) is 0 Å². The average molecular weight is 679 g/mol. The molecule has 0 saturated carbocycles. The lowest BCUT2D eigenvalue weighted by Gasteiger charge is -2.37. The molecule has 6 nitrogen and oxygen atoms in total. The standard InChI is InChI=1S/C31H39F3N4O2S.3C2H6/c1-3-37(4-2)30(39)38-18-16-36(17-19-38)23-24-8-11-26(12-9-24)40-20-6-5-7-21-41-29-14-15-35-28-22-25(31(32,33)34)10-13-27(28)29;3*1-2/h8-15,22H,3-7,16-21,23H2,1-2H3;3*1-2H3. The van der Waals surface area contributed by atoms with E-state index in [0.29, 0.717) is 12.1 Å². The van der Waals surface area contributed by atoms with E-state index in [4.69, 9.17) is 4.74 Å². The summed E-state index contributed by atoms with van der Waals surface area (Å²) in [7, 11) is 0. The van der Waals surface area contributed by atoms with Gasteiger partial charge in [0.05, 0.1) is 17.7 Å². The van der Waals surface area contributed by atoms with Crippen LogP contribution in [-0.2, 0) is 12.7 Å². The number of thioether (sulfide) groups is 1. The molecule has 2 heterocycles. The number of ether oxygens (including phenoxy) is 1. The molecule has 264 valence electrons. The van der Waals surface area contributed by atoms with Gasteiger partial charge in [-0.1, -0.05) is 59.7 Å². The smallest absolute Gasteiger partial charge is 0.416 e. The van der Waals surface area contributed by atoms with Crippen LogP contribution < -0.4 is 4.74 Å². The molecule has 0 bridgehead atoms. The van der Waals surface area contributed by atoms with E-state index in [1.807, 2.05) is 83.4 Å². The van der Waals surface area contributed by atoms with Crippen molar-refractivity contribution in [3.8, 4) is 5.75 Å². The van der Waals surface area contributed by atoms with Crippen molar-refractivity contribution >= 4 is 28.7 Å². The lowest BCUT2D eigenvalue weighted by Crippen LogP contribution is -2.52. The van der Waals surface area contributed by atoms with Crippen molar-refractivity contribution in [2.75, 3.05) is 51.6 Å². The number of hydrogen-bond donors (Lipinski definition) is 0. The summed E-state index contributed by atoms with van der Waals surface area (Å²) in [6.07, 6.45) is 0.139. The number of hydrogen-bond acceptors (Lipinski definition) is 5. The van der Waals surface area contributed by atoms with Crippen LogP contribution in [0.5, 0.6) is 5.75 Å². The van der Waals surface area contributed by atoms with Gasteiger partial charge >= 0.3 is 12.2 Å². The van der Waals surface area contributed by atoms with Crippen LogP contribution >= 0.6 is 11.8 Å². The molecule has 1 aliphatic rings. The Labute approximate surface area is 286 Å². The highest BCUT2D eigenvalue weighted by Crippen LogP contribution is 2.34. The van der Waals surface area contributed by atoms with Crippen LogP contribution in [0.15, 0.2) is 59.6 Å². The quantitative estimate of drug-likeness (QED) is 0.141. The zero-order valence-electron chi connectivity index (χ0n) is 29.8. The minimum Gasteiger partial charge on any atom is -0.494 e. The Morgan fingerprint density at radius 1 is 0.872 bits per heavy atom. The Bertz CT molecular complexity index is 1260. The maximum Gasteiger partial charge on any atom is 0.416 e. The SMILES string of the molecule is CC.CC.CC.CCN(CC)C(=O)N1CCN(Cc2ccc(OCCCCCSc3ccnc4cc(C(F)(F)F)ccc34)cc2)CC1. The Balaban J connectivity index is 0.00000174. The first-order valence-corrected chi connectivity index (χ1v) is 18.3. The second-order valence-corrected chi connectivity index (χ2v) is 11.3. The fraction of sp³-hybridized carbons (Fsp3) is 0.568. The molecule has 1 saturated heterocycles. The predicted octanol–water partition coefficient (Wildman–Crippen LogP) is 10.3. The number of urea groups is 1. The zero-order chi connectivity index (χ0) is 35.2. The van der Waals surface area contributed by atoms with Crippen molar-refractivity contribution in [1.29, 1.82) is 0 Å². The number of halogens is 3. The molecule has 2 aromatic carbocycles. The number of rotatable bonds is 12. The van der Waals surface area contributed by atoms with Crippen LogP contribution in [0.1, 0.15) is 85.8 Å². The van der Waals surface area contributed by atoms with Gasteiger partial charge in [-0.05, 0) is 74.8 Å². The molecule has 1 aromatic heterocycles. The molecule has 1 fully saturated rings. The third kappa shape index (κ3) is 14.0. The fourth-order valence-electron chi connectivity index (χ4n) is 4.92. The Hall–Kier alpha value is -2.98. The summed E-state index contributed by atoms with van der Waals surface area (Å²) in [5.41, 5.74) is 0.929. The number of amides is 2. The molecule has 0 radical (unpaired) electrons. The number of benzene rings is 2. The van der Waals surface area contributed by atoms with Crippen molar-refractivity contribution in [3.05, 3.63) is 65.9 Å². The van der Waals surface area contributed by atoms with Crippen LogP contribution in [0.25, 0.3) is 10.9 Å². The second-order valence-electron chi connectivity index (χ2n) is 10.2. The molecular formula is C37H57F3N4O2S. The van der Waals surface area contributed by atoms with Crippen LogP contribution in [0, 0.1) is 0 Å². The molecule has 4 rings (SSSR count). The summed E-state index contributed by atoms with van der Waals surface area (Å²) in [4.78, 5) is 23.8. The topological polar surface area (TPSA) is 48.9 Å². The van der Waals surface area contributed by atoms with Gasteiger partial charge in [0.15, 0.2) is 0 Å². The number of nitrogens with zero attached hydrogens (tertiary/aromatic N) is 4. The van der Waals surface area contributed by atoms with E-state index in [1.165, 1.54) is 11.6 Å². The average Bonchev–Trinajstić information content (AvgIpc) is 3.11. The molecule has 10 heteroatoms. The van der Waals surface area contributed by atoms with E-state index < -0.39 is 11.7 Å². The minimum atomic E-state index is -4.37. The maximum absolute atomic E-state index is 13.0. The van der Waals surface area contributed by atoms with Gasteiger partial charge in [-0.15, -0.1) is 11.8 Å². The minimum absolute atomic E-state index is 0.142. The van der Waals surface area contributed by atoms with E-state index >= 15 is 0 Å². The highest BCUT2D eigenvalue weighted by molar-refractivity contribution is 7.99. The number of pyridine rings is 1. The van der Waals surface area contributed by atoms with Crippen molar-refractivity contribution in [1.82, 2.24) is 19.7 Å². The van der Waals surface area contributed by atoms with Crippen LogP contribution in [0.2, 0.25) is 0 Å². The number of aromatic nitrogens is 1. The van der Waals surface area contributed by atoms with E-state index in [1.54, 1.807) is 18.0 Å². The molecule has 47 heavy (non-hydrogen) atoms. The third-order valence-electron chi connectivity index (χ3n) is 7.35. The molecule has 0 unspecified atom stereocenters. The van der Waals surface area contributed by atoms with Crippen LogP contribution in [0.4, 0.5) is 18.0 Å². The maximum atomic E-state index is 13.0. The molecule has 3 aromatic rings.